The molecule has 0 saturated heterocycles. The first-order valence-corrected chi connectivity index (χ1v) is 11.0. The maximum absolute atomic E-state index is 12.6. The zero-order valence-corrected chi connectivity index (χ0v) is 18.4. The summed E-state index contributed by atoms with van der Waals surface area (Å²) in [4.78, 5) is 16.9. The maximum Gasteiger partial charge on any atom is 0.239 e. The van der Waals surface area contributed by atoms with E-state index in [4.69, 9.17) is 0 Å². The number of carbonyl (C=O) groups is 1. The molecule has 1 aromatic carbocycles. The largest absolute Gasteiger partial charge is 0.302 e. The fraction of sp³-hybridized carbons (Fsp3) is 0.400. The molecule has 3 rings (SSSR count). The third-order valence-corrected chi connectivity index (χ3v) is 6.00. The number of thiazole rings is 1. The van der Waals surface area contributed by atoms with E-state index in [-0.39, 0.29) is 11.2 Å². The van der Waals surface area contributed by atoms with Crippen molar-refractivity contribution in [3.05, 3.63) is 40.9 Å². The van der Waals surface area contributed by atoms with Crippen LogP contribution in [0, 0.1) is 19.8 Å². The summed E-state index contributed by atoms with van der Waals surface area (Å²) in [7, 11) is 0. The zero-order valence-electron chi connectivity index (χ0n) is 16.8. The first-order chi connectivity index (χ1) is 13.3. The lowest BCUT2D eigenvalue weighted by atomic mass is 10.1. The van der Waals surface area contributed by atoms with Crippen LogP contribution in [0.25, 0.3) is 11.4 Å². The van der Waals surface area contributed by atoms with Crippen LogP contribution in [0.15, 0.2) is 34.8 Å². The van der Waals surface area contributed by atoms with Gasteiger partial charge >= 0.3 is 0 Å². The van der Waals surface area contributed by atoms with Crippen LogP contribution in [0.3, 0.4) is 0 Å². The Balaban J connectivity index is 1.81. The lowest BCUT2D eigenvalue weighted by molar-refractivity contribution is -0.115. The molecule has 3 aromatic rings. The molecule has 1 atom stereocenters. The van der Waals surface area contributed by atoms with Gasteiger partial charge in [-0.25, -0.2) is 4.98 Å². The molecule has 0 radical (unpaired) electrons. The standard InChI is InChI=1S/C20H25N5OS2/c1-12(2)10-25-17(16-8-6-7-13(3)9-16)23-24-20(25)28-15(5)18(26)22-19-21-14(4)11-27-19/h6-9,11-12,15H,10H2,1-5H3,(H,21,22,26)/t15-/m1/s1. The van der Waals surface area contributed by atoms with Crippen molar-refractivity contribution in [3.8, 4) is 11.4 Å². The zero-order chi connectivity index (χ0) is 20.3. The molecule has 28 heavy (non-hydrogen) atoms. The summed E-state index contributed by atoms with van der Waals surface area (Å²) in [6.07, 6.45) is 0. The molecule has 0 spiro atoms. The molecule has 2 aromatic heterocycles. The second-order valence-corrected chi connectivity index (χ2v) is 9.39. The van der Waals surface area contributed by atoms with Gasteiger partial charge in [0.05, 0.1) is 10.9 Å². The first kappa shape index (κ1) is 20.5. The highest BCUT2D eigenvalue weighted by Gasteiger charge is 2.22. The number of hydrogen-bond acceptors (Lipinski definition) is 6. The van der Waals surface area contributed by atoms with E-state index in [1.165, 1.54) is 28.7 Å². The van der Waals surface area contributed by atoms with Gasteiger partial charge in [-0.2, -0.15) is 0 Å². The molecular formula is C20H25N5OS2. The molecular weight excluding hydrogens is 390 g/mol. The SMILES string of the molecule is Cc1cccc(-c2nnc(S[C@H](C)C(=O)Nc3nc(C)cs3)n2CC(C)C)c1. The van der Waals surface area contributed by atoms with Gasteiger partial charge in [0.1, 0.15) is 0 Å². The van der Waals surface area contributed by atoms with E-state index in [1.54, 1.807) is 0 Å². The Bertz CT molecular complexity index is 963. The van der Waals surface area contributed by atoms with Crippen LogP contribution in [0.4, 0.5) is 5.13 Å². The van der Waals surface area contributed by atoms with Crippen LogP contribution < -0.4 is 5.32 Å². The molecule has 1 N–H and O–H groups in total. The Kier molecular flexibility index (Phi) is 6.51. The Morgan fingerprint density at radius 3 is 2.68 bits per heavy atom. The van der Waals surface area contributed by atoms with Crippen LogP contribution in [-0.2, 0) is 11.3 Å². The molecule has 2 heterocycles. The Morgan fingerprint density at radius 1 is 1.25 bits per heavy atom. The van der Waals surface area contributed by atoms with Gasteiger partial charge in [-0.3, -0.25) is 4.79 Å². The van der Waals surface area contributed by atoms with Crippen LogP contribution in [0.5, 0.6) is 0 Å². The van der Waals surface area contributed by atoms with Crippen molar-refractivity contribution >= 4 is 34.1 Å². The molecule has 0 aliphatic carbocycles. The molecule has 1 amide bonds. The van der Waals surface area contributed by atoms with Crippen molar-refractivity contribution in [1.29, 1.82) is 0 Å². The van der Waals surface area contributed by atoms with Crippen LogP contribution in [0.1, 0.15) is 32.0 Å². The summed E-state index contributed by atoms with van der Waals surface area (Å²) in [5.74, 6) is 1.18. The first-order valence-electron chi connectivity index (χ1n) is 9.23. The molecule has 8 heteroatoms. The van der Waals surface area contributed by atoms with Crippen LogP contribution >= 0.6 is 23.1 Å². The second-order valence-electron chi connectivity index (χ2n) is 7.22. The number of anilines is 1. The predicted octanol–water partition coefficient (Wildman–Crippen LogP) is 4.79. The van der Waals surface area contributed by atoms with E-state index in [1.807, 2.05) is 31.4 Å². The Labute approximate surface area is 173 Å². The normalized spacial score (nSPS) is 12.4. The fourth-order valence-electron chi connectivity index (χ4n) is 2.73. The van der Waals surface area contributed by atoms with Crippen molar-refractivity contribution < 1.29 is 4.79 Å². The lowest BCUT2D eigenvalue weighted by Crippen LogP contribution is -2.23. The van der Waals surface area contributed by atoms with Gasteiger partial charge in [-0.1, -0.05) is 49.4 Å². The molecule has 148 valence electrons. The quantitative estimate of drug-likeness (QED) is 0.562. The summed E-state index contributed by atoms with van der Waals surface area (Å²) in [6, 6.07) is 8.24. The van der Waals surface area contributed by atoms with Gasteiger partial charge < -0.3 is 9.88 Å². The highest BCUT2D eigenvalue weighted by Crippen LogP contribution is 2.29. The van der Waals surface area contributed by atoms with E-state index in [2.05, 4.69) is 58.0 Å². The van der Waals surface area contributed by atoms with Crippen molar-refractivity contribution in [2.75, 3.05) is 5.32 Å². The Morgan fingerprint density at radius 2 is 2.04 bits per heavy atom. The van der Waals surface area contributed by atoms with Crippen molar-refractivity contribution in [3.63, 3.8) is 0 Å². The minimum atomic E-state index is -0.315. The van der Waals surface area contributed by atoms with E-state index in [9.17, 15) is 4.79 Å². The van der Waals surface area contributed by atoms with Crippen molar-refractivity contribution in [2.45, 2.75) is 51.6 Å². The minimum absolute atomic E-state index is 0.0875. The number of thioether (sulfide) groups is 1. The smallest absolute Gasteiger partial charge is 0.239 e. The second kappa shape index (κ2) is 8.87. The highest BCUT2D eigenvalue weighted by molar-refractivity contribution is 8.00. The summed E-state index contributed by atoms with van der Waals surface area (Å²) in [6.45, 7) is 11.0. The van der Waals surface area contributed by atoms with Gasteiger partial charge in [0.25, 0.3) is 0 Å². The number of rotatable bonds is 7. The summed E-state index contributed by atoms with van der Waals surface area (Å²) in [5, 5.41) is 14.7. The average molecular weight is 416 g/mol. The summed E-state index contributed by atoms with van der Waals surface area (Å²) < 4.78 is 2.11. The van der Waals surface area contributed by atoms with E-state index in [0.717, 1.165) is 28.8 Å². The third kappa shape index (κ3) is 4.99. The van der Waals surface area contributed by atoms with Gasteiger partial charge in [0.2, 0.25) is 5.91 Å². The predicted molar refractivity (Wildman–Crippen MR) is 116 cm³/mol. The number of hydrogen-bond donors (Lipinski definition) is 1. The molecule has 0 aliphatic heterocycles. The topological polar surface area (TPSA) is 72.7 Å². The molecule has 6 nitrogen and oxygen atoms in total. The highest BCUT2D eigenvalue weighted by atomic mass is 32.2. The van der Waals surface area contributed by atoms with Crippen molar-refractivity contribution in [2.24, 2.45) is 5.92 Å². The molecule has 0 bridgehead atoms. The van der Waals surface area contributed by atoms with E-state index < -0.39 is 0 Å². The molecule has 0 aliphatic rings. The number of benzene rings is 1. The van der Waals surface area contributed by atoms with Gasteiger partial charge in [0.15, 0.2) is 16.1 Å². The monoisotopic (exact) mass is 415 g/mol. The maximum atomic E-state index is 12.6. The van der Waals surface area contributed by atoms with Gasteiger partial charge in [-0.15, -0.1) is 21.5 Å². The fourth-order valence-corrected chi connectivity index (χ4v) is 4.28. The molecule has 0 fully saturated rings. The van der Waals surface area contributed by atoms with Gasteiger partial charge in [0, 0.05) is 17.5 Å². The van der Waals surface area contributed by atoms with E-state index >= 15 is 0 Å². The molecule has 0 saturated carbocycles. The number of aryl methyl sites for hydroxylation is 2. The number of aromatic nitrogens is 4. The average Bonchev–Trinajstić information content (AvgIpc) is 3.21. The number of nitrogens with one attached hydrogen (secondary N) is 1. The Hall–Kier alpha value is -2.19. The number of carbonyl (C=O) groups excluding carboxylic acids is 1. The van der Waals surface area contributed by atoms with Crippen LogP contribution in [-0.4, -0.2) is 30.9 Å². The van der Waals surface area contributed by atoms with Crippen LogP contribution in [0.2, 0.25) is 0 Å². The van der Waals surface area contributed by atoms with E-state index in [0.29, 0.717) is 11.0 Å². The van der Waals surface area contributed by atoms with Gasteiger partial charge in [-0.05, 0) is 32.8 Å². The lowest BCUT2D eigenvalue weighted by Gasteiger charge is -2.15. The third-order valence-electron chi connectivity index (χ3n) is 4.04. The van der Waals surface area contributed by atoms with Crippen molar-refractivity contribution in [1.82, 2.24) is 19.7 Å². The minimum Gasteiger partial charge on any atom is -0.302 e. The molecule has 0 unspecified atom stereocenters. The summed E-state index contributed by atoms with van der Waals surface area (Å²) in [5.41, 5.74) is 3.12. The number of nitrogens with zero attached hydrogens (tertiary/aromatic N) is 4. The summed E-state index contributed by atoms with van der Waals surface area (Å²) >= 11 is 2.85. The number of amides is 1.